The quantitative estimate of drug-likeness (QED) is 0.347. The topological polar surface area (TPSA) is 123 Å². The summed E-state index contributed by atoms with van der Waals surface area (Å²) in [6, 6.07) is 10.7. The molecule has 1 unspecified atom stereocenters. The van der Waals surface area contributed by atoms with Gasteiger partial charge in [0.05, 0.1) is 44.0 Å². The predicted octanol–water partition coefficient (Wildman–Crippen LogP) is 3.81. The van der Waals surface area contributed by atoms with E-state index in [4.69, 9.17) is 33.5 Å². The molecule has 0 amide bonds. The molecule has 2 aromatic heterocycles. The van der Waals surface area contributed by atoms with Gasteiger partial charge in [-0.3, -0.25) is 0 Å². The van der Waals surface area contributed by atoms with Crippen molar-refractivity contribution in [3.8, 4) is 17.2 Å². The number of rotatable bonds is 5. The molecule has 174 valence electrons. The largest absolute Gasteiger partial charge is 0.495 e. The maximum atomic E-state index is 13.4. The zero-order valence-electron chi connectivity index (χ0n) is 18.7. The Bertz CT molecular complexity index is 1510. The molecule has 0 bridgehead atoms. The zero-order chi connectivity index (χ0) is 24.0. The number of methoxy groups -OCH3 is 2. The second-order valence-electron chi connectivity index (χ2n) is 7.51. The van der Waals surface area contributed by atoms with E-state index in [2.05, 4.69) is 0 Å². The molecule has 0 saturated heterocycles. The highest BCUT2D eigenvalue weighted by Gasteiger charge is 2.41. The number of fused-ring (bicyclic) bond motifs is 4. The van der Waals surface area contributed by atoms with Gasteiger partial charge in [0.15, 0.2) is 16.9 Å². The van der Waals surface area contributed by atoms with Crippen LogP contribution in [0.3, 0.4) is 0 Å². The van der Waals surface area contributed by atoms with E-state index in [0.29, 0.717) is 27.7 Å². The number of ether oxygens (including phenoxy) is 4. The first kappa shape index (κ1) is 21.4. The summed E-state index contributed by atoms with van der Waals surface area (Å²) < 4.78 is 33.7. The maximum absolute atomic E-state index is 13.4. The molecule has 1 aliphatic rings. The second kappa shape index (κ2) is 8.18. The molecule has 34 heavy (non-hydrogen) atoms. The summed E-state index contributed by atoms with van der Waals surface area (Å²) in [6.45, 7) is 1.80. The van der Waals surface area contributed by atoms with Crippen molar-refractivity contribution in [3.05, 3.63) is 75.7 Å². The summed E-state index contributed by atoms with van der Waals surface area (Å²) in [5.41, 5.74) is 6.73. The van der Waals surface area contributed by atoms with E-state index in [1.807, 2.05) is 6.07 Å². The van der Waals surface area contributed by atoms with Crippen LogP contribution in [-0.4, -0.2) is 26.8 Å². The lowest BCUT2D eigenvalue weighted by atomic mass is 9.83. The van der Waals surface area contributed by atoms with Crippen LogP contribution in [0.5, 0.6) is 17.2 Å². The van der Waals surface area contributed by atoms with Gasteiger partial charge in [0.1, 0.15) is 16.7 Å². The third kappa shape index (κ3) is 3.01. The van der Waals surface area contributed by atoms with E-state index in [0.717, 1.165) is 0 Å². The molecule has 5 rings (SSSR count). The number of benzene rings is 2. The Kier molecular flexibility index (Phi) is 5.16. The average molecular weight is 463 g/mol. The fourth-order valence-corrected chi connectivity index (χ4v) is 4.41. The fourth-order valence-electron chi connectivity index (χ4n) is 4.41. The third-order valence-corrected chi connectivity index (χ3v) is 5.75. The summed E-state index contributed by atoms with van der Waals surface area (Å²) in [7, 11) is 2.91. The Morgan fingerprint density at radius 3 is 2.47 bits per heavy atom. The van der Waals surface area contributed by atoms with E-state index in [1.165, 1.54) is 20.5 Å². The van der Waals surface area contributed by atoms with Gasteiger partial charge in [-0.1, -0.05) is 30.3 Å². The Balaban J connectivity index is 1.93. The van der Waals surface area contributed by atoms with Gasteiger partial charge in [0.25, 0.3) is 0 Å². The van der Waals surface area contributed by atoms with E-state index < -0.39 is 17.5 Å². The van der Waals surface area contributed by atoms with E-state index >= 15 is 0 Å². The van der Waals surface area contributed by atoms with Crippen LogP contribution in [0, 0.1) is 0 Å². The molecule has 1 atom stereocenters. The number of hydrogen-bond acceptors (Lipinski definition) is 9. The summed E-state index contributed by atoms with van der Waals surface area (Å²) in [5.74, 6) is -1.09. The van der Waals surface area contributed by atoms with Crippen molar-refractivity contribution >= 4 is 27.9 Å². The summed E-state index contributed by atoms with van der Waals surface area (Å²) in [6.07, 6.45) is 1.47. The van der Waals surface area contributed by atoms with Crippen molar-refractivity contribution in [2.24, 2.45) is 5.73 Å². The fraction of sp³-hybridized carbons (Fsp3) is 0.200. The highest BCUT2D eigenvalue weighted by atomic mass is 16.5. The number of carbonyl (C=O) groups is 1. The number of esters is 1. The SMILES string of the molecule is CCOC(=O)C1=C(N)Oc2c(c(=O)oc3c(OC)c4occc4c(OC)c23)C1c1ccccc1. The molecule has 0 radical (unpaired) electrons. The van der Waals surface area contributed by atoms with Crippen LogP contribution in [0.4, 0.5) is 0 Å². The first-order valence-corrected chi connectivity index (χ1v) is 10.5. The van der Waals surface area contributed by atoms with Gasteiger partial charge in [0.2, 0.25) is 11.6 Å². The monoisotopic (exact) mass is 463 g/mol. The molecule has 0 spiro atoms. The lowest BCUT2D eigenvalue weighted by Crippen LogP contribution is -2.31. The van der Waals surface area contributed by atoms with Crippen molar-refractivity contribution in [2.45, 2.75) is 12.8 Å². The highest BCUT2D eigenvalue weighted by molar-refractivity contribution is 6.10. The molecule has 0 fully saturated rings. The normalized spacial score (nSPS) is 15.2. The molecule has 9 nitrogen and oxygen atoms in total. The van der Waals surface area contributed by atoms with Crippen LogP contribution >= 0.6 is 0 Å². The molecule has 0 saturated carbocycles. The van der Waals surface area contributed by atoms with Crippen molar-refractivity contribution < 1.29 is 32.6 Å². The van der Waals surface area contributed by atoms with Crippen molar-refractivity contribution in [2.75, 3.05) is 20.8 Å². The predicted molar refractivity (Wildman–Crippen MR) is 122 cm³/mol. The molecule has 3 heterocycles. The number of furan rings is 1. The minimum absolute atomic E-state index is 0.0162. The smallest absolute Gasteiger partial charge is 0.344 e. The molecule has 2 aromatic carbocycles. The first-order chi connectivity index (χ1) is 16.5. The highest BCUT2D eigenvalue weighted by Crippen LogP contribution is 2.51. The molecule has 9 heteroatoms. The lowest BCUT2D eigenvalue weighted by Gasteiger charge is -2.28. The first-order valence-electron chi connectivity index (χ1n) is 10.5. The Morgan fingerprint density at radius 2 is 1.79 bits per heavy atom. The van der Waals surface area contributed by atoms with Gasteiger partial charge in [-0.2, -0.15) is 0 Å². The van der Waals surface area contributed by atoms with Gasteiger partial charge in [-0.15, -0.1) is 0 Å². The van der Waals surface area contributed by atoms with E-state index in [-0.39, 0.29) is 40.7 Å². The van der Waals surface area contributed by atoms with Crippen molar-refractivity contribution in [1.82, 2.24) is 0 Å². The average Bonchev–Trinajstić information content (AvgIpc) is 3.32. The van der Waals surface area contributed by atoms with E-state index in [1.54, 1.807) is 37.3 Å². The van der Waals surface area contributed by atoms with Gasteiger partial charge in [-0.05, 0) is 18.6 Å². The lowest BCUT2D eigenvalue weighted by molar-refractivity contribution is -0.139. The summed E-state index contributed by atoms with van der Waals surface area (Å²) in [5, 5.41) is 0.913. The van der Waals surface area contributed by atoms with Gasteiger partial charge >= 0.3 is 11.6 Å². The van der Waals surface area contributed by atoms with Crippen LogP contribution in [0.2, 0.25) is 0 Å². The maximum Gasteiger partial charge on any atom is 0.344 e. The zero-order valence-corrected chi connectivity index (χ0v) is 18.7. The van der Waals surface area contributed by atoms with Gasteiger partial charge in [-0.25, -0.2) is 9.59 Å². The van der Waals surface area contributed by atoms with Crippen LogP contribution < -0.4 is 25.6 Å². The number of hydrogen-bond donors (Lipinski definition) is 1. The van der Waals surface area contributed by atoms with Crippen molar-refractivity contribution in [3.63, 3.8) is 0 Å². The third-order valence-electron chi connectivity index (χ3n) is 5.75. The van der Waals surface area contributed by atoms with Crippen LogP contribution in [-0.2, 0) is 9.53 Å². The molecule has 2 N–H and O–H groups in total. The molecule has 0 aliphatic carbocycles. The molecule has 1 aliphatic heterocycles. The van der Waals surface area contributed by atoms with Gasteiger partial charge < -0.3 is 33.5 Å². The number of nitrogens with two attached hydrogens (primary N) is 1. The molecular weight excluding hydrogens is 442 g/mol. The van der Waals surface area contributed by atoms with Crippen LogP contribution in [0.1, 0.15) is 24.0 Å². The minimum Gasteiger partial charge on any atom is -0.495 e. The van der Waals surface area contributed by atoms with Crippen LogP contribution in [0.25, 0.3) is 21.9 Å². The van der Waals surface area contributed by atoms with Crippen LogP contribution in [0.15, 0.2) is 67.7 Å². The molecular formula is C25H21NO8. The summed E-state index contributed by atoms with van der Waals surface area (Å²) >= 11 is 0. The Labute approximate surface area is 193 Å². The number of carbonyl (C=O) groups excluding carboxylic acids is 1. The van der Waals surface area contributed by atoms with E-state index in [9.17, 15) is 9.59 Å². The minimum atomic E-state index is -0.889. The van der Waals surface area contributed by atoms with Crippen molar-refractivity contribution in [1.29, 1.82) is 0 Å². The standard InChI is InChI=1S/C25H21NO8/c1-4-31-24(27)16-14(12-8-6-5-7-9-12)15-20(33-23(16)26)17-18(29-2)13-10-11-32-19(13)22(30-3)21(17)34-25(15)28/h5-11,14H,4,26H2,1-3H3. The second-order valence-corrected chi connectivity index (χ2v) is 7.51. The Morgan fingerprint density at radius 1 is 1.06 bits per heavy atom. The van der Waals surface area contributed by atoms with Gasteiger partial charge in [0, 0.05) is 0 Å². The summed E-state index contributed by atoms with van der Waals surface area (Å²) in [4.78, 5) is 26.4. The Hall–Kier alpha value is -4.40. The molecule has 4 aromatic rings.